The smallest absolute Gasteiger partial charge is 0.228 e. The van der Waals surface area contributed by atoms with Crippen molar-refractivity contribution < 1.29 is 4.79 Å². The lowest BCUT2D eigenvalue weighted by Gasteiger charge is -2.02. The van der Waals surface area contributed by atoms with Crippen molar-refractivity contribution in [3.63, 3.8) is 0 Å². The van der Waals surface area contributed by atoms with E-state index in [1.807, 2.05) is 32.2 Å². The molecule has 0 atom stereocenters. The van der Waals surface area contributed by atoms with E-state index in [2.05, 4.69) is 16.4 Å². The van der Waals surface area contributed by atoms with Crippen LogP contribution in [0, 0.1) is 18.3 Å². The van der Waals surface area contributed by atoms with Gasteiger partial charge in [0.25, 0.3) is 0 Å². The highest BCUT2D eigenvalue weighted by Crippen LogP contribution is 2.30. The van der Waals surface area contributed by atoms with E-state index in [1.54, 1.807) is 4.57 Å². The zero-order chi connectivity index (χ0) is 13.6. The topological polar surface area (TPSA) is 70.7 Å². The molecule has 1 aliphatic rings. The summed E-state index contributed by atoms with van der Waals surface area (Å²) in [5.41, 5.74) is 3.88. The second kappa shape index (κ2) is 3.95. The third kappa shape index (κ3) is 1.69. The first-order valence-electron chi connectivity index (χ1n) is 5.96. The molecule has 2 aromatic rings. The van der Waals surface area contributed by atoms with Gasteiger partial charge in [-0.25, -0.2) is 4.98 Å². The summed E-state index contributed by atoms with van der Waals surface area (Å²) >= 11 is 0. The van der Waals surface area contributed by atoms with E-state index in [9.17, 15) is 10.1 Å². The molecule has 0 bridgehead atoms. The molecule has 2 heterocycles. The number of hydrogen-bond acceptors (Lipinski definition) is 3. The molecule has 0 saturated heterocycles. The van der Waals surface area contributed by atoms with Gasteiger partial charge in [0, 0.05) is 18.3 Å². The Kier molecular flexibility index (Phi) is 2.39. The number of carbonyl (C=O) groups excluding carboxylic acids is 1. The number of nitrogens with one attached hydrogen (secondary N) is 1. The molecule has 0 radical (unpaired) electrons. The Morgan fingerprint density at radius 1 is 1.47 bits per heavy atom. The maximum atomic E-state index is 11.3. The van der Waals surface area contributed by atoms with Gasteiger partial charge < -0.3 is 9.88 Å². The van der Waals surface area contributed by atoms with Crippen LogP contribution in [0.1, 0.15) is 17.1 Å². The summed E-state index contributed by atoms with van der Waals surface area (Å²) in [5, 5.41) is 12.0. The second-order valence-corrected chi connectivity index (χ2v) is 4.62. The molecular weight excluding hydrogens is 240 g/mol. The van der Waals surface area contributed by atoms with E-state index >= 15 is 0 Å². The number of hydrogen-bond donors (Lipinski definition) is 1. The van der Waals surface area contributed by atoms with Gasteiger partial charge in [-0.15, -0.1) is 0 Å². The van der Waals surface area contributed by atoms with E-state index < -0.39 is 0 Å². The summed E-state index contributed by atoms with van der Waals surface area (Å²) in [7, 11) is 1.82. The molecule has 0 saturated carbocycles. The molecule has 1 aromatic carbocycles. The number of carbonyl (C=O) groups is 1. The largest absolute Gasteiger partial charge is 0.326 e. The van der Waals surface area contributed by atoms with Crippen molar-refractivity contribution in [2.75, 3.05) is 5.32 Å². The van der Waals surface area contributed by atoms with Gasteiger partial charge in [-0.1, -0.05) is 6.07 Å². The van der Waals surface area contributed by atoms with Crippen molar-refractivity contribution in [1.82, 2.24) is 9.55 Å². The standard InChI is InChI=1S/C14H12N4O/c1-8-16-14(12(7-15)18(8)2)9-3-4-11-10(5-9)6-13(19)17-11/h3-5H,6H2,1-2H3,(H,17,19). The highest BCUT2D eigenvalue weighted by molar-refractivity contribution is 5.99. The van der Waals surface area contributed by atoms with E-state index in [1.165, 1.54) is 0 Å². The molecule has 1 aliphatic heterocycles. The maximum absolute atomic E-state index is 11.3. The van der Waals surface area contributed by atoms with Crippen molar-refractivity contribution >= 4 is 11.6 Å². The number of nitrogens with zero attached hydrogens (tertiary/aromatic N) is 3. The van der Waals surface area contributed by atoms with Crippen molar-refractivity contribution in [3.05, 3.63) is 35.3 Å². The van der Waals surface area contributed by atoms with Gasteiger partial charge >= 0.3 is 0 Å². The Morgan fingerprint density at radius 2 is 2.26 bits per heavy atom. The quantitative estimate of drug-likeness (QED) is 0.840. The normalized spacial score (nSPS) is 13.0. The molecule has 0 unspecified atom stereocenters. The van der Waals surface area contributed by atoms with Gasteiger partial charge in [-0.3, -0.25) is 4.79 Å². The molecule has 94 valence electrons. The summed E-state index contributed by atoms with van der Waals surface area (Å²) in [6, 6.07) is 7.85. The van der Waals surface area contributed by atoms with Crippen LogP contribution >= 0.6 is 0 Å². The van der Waals surface area contributed by atoms with E-state index in [0.717, 1.165) is 22.6 Å². The summed E-state index contributed by atoms with van der Waals surface area (Å²) < 4.78 is 1.77. The van der Waals surface area contributed by atoms with E-state index in [-0.39, 0.29) is 5.91 Å². The minimum Gasteiger partial charge on any atom is -0.326 e. The average Bonchev–Trinajstić information content (AvgIpc) is 2.89. The van der Waals surface area contributed by atoms with Gasteiger partial charge in [-0.05, 0) is 24.6 Å². The minimum atomic E-state index is 0.00450. The van der Waals surface area contributed by atoms with Crippen LogP contribution in [-0.4, -0.2) is 15.5 Å². The van der Waals surface area contributed by atoms with Crippen molar-refractivity contribution in [3.8, 4) is 17.3 Å². The number of fused-ring (bicyclic) bond motifs is 1. The Morgan fingerprint density at radius 3 is 3.00 bits per heavy atom. The van der Waals surface area contributed by atoms with Crippen molar-refractivity contribution in [2.24, 2.45) is 7.05 Å². The van der Waals surface area contributed by atoms with Gasteiger partial charge in [0.15, 0.2) is 0 Å². The molecule has 0 aliphatic carbocycles. The fourth-order valence-corrected chi connectivity index (χ4v) is 2.32. The Bertz CT molecular complexity index is 737. The summed E-state index contributed by atoms with van der Waals surface area (Å²) in [4.78, 5) is 15.8. The number of aryl methyl sites for hydroxylation is 1. The number of nitriles is 1. The van der Waals surface area contributed by atoms with E-state index in [4.69, 9.17) is 0 Å². The van der Waals surface area contributed by atoms with Crippen molar-refractivity contribution in [1.29, 1.82) is 5.26 Å². The van der Waals surface area contributed by atoms with Crippen LogP contribution in [0.2, 0.25) is 0 Å². The Balaban J connectivity index is 2.14. The van der Waals surface area contributed by atoms with Crippen LogP contribution < -0.4 is 5.32 Å². The van der Waals surface area contributed by atoms with Gasteiger partial charge in [-0.2, -0.15) is 5.26 Å². The number of rotatable bonds is 1. The summed E-state index contributed by atoms with van der Waals surface area (Å²) in [6.07, 6.45) is 0.386. The number of anilines is 1. The first-order chi connectivity index (χ1) is 9.10. The number of amides is 1. The molecule has 1 N–H and O–H groups in total. The van der Waals surface area contributed by atoms with Crippen LogP contribution in [0.4, 0.5) is 5.69 Å². The molecule has 0 spiro atoms. The molecule has 5 nitrogen and oxygen atoms in total. The van der Waals surface area contributed by atoms with Gasteiger partial charge in [0.2, 0.25) is 5.91 Å². The molecule has 19 heavy (non-hydrogen) atoms. The summed E-state index contributed by atoms with van der Waals surface area (Å²) in [5.74, 6) is 0.797. The van der Waals surface area contributed by atoms with Crippen molar-refractivity contribution in [2.45, 2.75) is 13.3 Å². The monoisotopic (exact) mass is 252 g/mol. The lowest BCUT2D eigenvalue weighted by Crippen LogP contribution is -2.03. The third-order valence-corrected chi connectivity index (χ3v) is 3.43. The minimum absolute atomic E-state index is 0.00450. The fraction of sp³-hybridized carbons (Fsp3) is 0.214. The lowest BCUT2D eigenvalue weighted by molar-refractivity contribution is -0.115. The first kappa shape index (κ1) is 11.5. The van der Waals surface area contributed by atoms with Crippen LogP contribution in [-0.2, 0) is 18.3 Å². The lowest BCUT2D eigenvalue weighted by atomic mass is 10.0. The number of aromatic nitrogens is 2. The molecule has 5 heteroatoms. The zero-order valence-corrected chi connectivity index (χ0v) is 10.7. The van der Waals surface area contributed by atoms with Gasteiger partial charge in [0.05, 0.1) is 6.42 Å². The predicted molar refractivity (Wildman–Crippen MR) is 70.4 cm³/mol. The zero-order valence-electron chi connectivity index (χ0n) is 10.7. The summed E-state index contributed by atoms with van der Waals surface area (Å²) in [6.45, 7) is 1.86. The van der Waals surface area contributed by atoms with Crippen LogP contribution in [0.15, 0.2) is 18.2 Å². The van der Waals surface area contributed by atoms with Crippen LogP contribution in [0.25, 0.3) is 11.3 Å². The average molecular weight is 252 g/mol. The third-order valence-electron chi connectivity index (χ3n) is 3.43. The molecule has 0 fully saturated rings. The van der Waals surface area contributed by atoms with E-state index in [0.29, 0.717) is 17.8 Å². The van der Waals surface area contributed by atoms with Crippen LogP contribution in [0.5, 0.6) is 0 Å². The Labute approximate surface area is 110 Å². The SMILES string of the molecule is Cc1nc(-c2ccc3c(c2)CC(=O)N3)c(C#N)n1C. The molecular formula is C14H12N4O. The van der Waals surface area contributed by atoms with Gasteiger partial charge in [0.1, 0.15) is 23.3 Å². The highest BCUT2D eigenvalue weighted by Gasteiger charge is 2.20. The predicted octanol–water partition coefficient (Wildman–Crippen LogP) is 1.76. The second-order valence-electron chi connectivity index (χ2n) is 4.62. The molecule has 1 aromatic heterocycles. The number of benzene rings is 1. The number of imidazole rings is 1. The maximum Gasteiger partial charge on any atom is 0.228 e. The first-order valence-corrected chi connectivity index (χ1v) is 5.96. The fourth-order valence-electron chi connectivity index (χ4n) is 2.32. The Hall–Kier alpha value is -2.61. The highest BCUT2D eigenvalue weighted by atomic mass is 16.1. The molecule has 1 amide bonds. The van der Waals surface area contributed by atoms with Crippen LogP contribution in [0.3, 0.4) is 0 Å². The molecule has 3 rings (SSSR count).